The number of carboxylic acid groups (broad SMARTS) is 1. The third kappa shape index (κ3) is 2.84. The minimum absolute atomic E-state index is 0.106. The number of aromatic nitrogens is 2. The van der Waals surface area contributed by atoms with Gasteiger partial charge in [-0.2, -0.15) is 5.10 Å². The molecule has 0 aliphatic heterocycles. The number of hydrogen-bond donors (Lipinski definition) is 1. The van der Waals surface area contributed by atoms with E-state index in [0.29, 0.717) is 11.3 Å². The lowest BCUT2D eigenvalue weighted by atomic mass is 10.2. The zero-order valence-electron chi connectivity index (χ0n) is 10.3. The van der Waals surface area contributed by atoms with Gasteiger partial charge >= 0.3 is 5.97 Å². The van der Waals surface area contributed by atoms with Gasteiger partial charge in [0.05, 0.1) is 12.7 Å². The Kier molecular flexibility index (Phi) is 3.19. The number of carboxylic acids is 1. The van der Waals surface area contributed by atoms with E-state index in [1.807, 2.05) is 0 Å². The summed E-state index contributed by atoms with van der Waals surface area (Å²) in [6.45, 7) is 1.80. The zero-order chi connectivity index (χ0) is 14.2. The number of carbonyl (C=O) groups is 1. The van der Waals surface area contributed by atoms with Gasteiger partial charge in [0.2, 0.25) is 5.76 Å². The Hall–Kier alpha value is -2.09. The Morgan fingerprint density at radius 3 is 2.68 bits per heavy atom. The summed E-state index contributed by atoms with van der Waals surface area (Å²) >= 11 is 0. The minimum atomic E-state index is -3.30. The Labute approximate surface area is 109 Å². The van der Waals surface area contributed by atoms with Crippen molar-refractivity contribution < 1.29 is 22.7 Å². The van der Waals surface area contributed by atoms with Gasteiger partial charge in [-0.3, -0.25) is 4.68 Å². The van der Waals surface area contributed by atoms with Gasteiger partial charge in [-0.15, -0.1) is 0 Å². The Bertz CT molecular complexity index is 726. The van der Waals surface area contributed by atoms with Crippen molar-refractivity contribution >= 4 is 15.8 Å². The maximum Gasteiger partial charge on any atom is 0.372 e. The van der Waals surface area contributed by atoms with Gasteiger partial charge in [0.25, 0.3) is 0 Å². The molecule has 7 nitrogen and oxygen atoms in total. The lowest BCUT2D eigenvalue weighted by molar-refractivity contribution is 0.0659. The van der Waals surface area contributed by atoms with Crippen molar-refractivity contribution in [3.8, 4) is 0 Å². The molecule has 2 aromatic heterocycles. The van der Waals surface area contributed by atoms with Crippen LogP contribution in [0.3, 0.4) is 0 Å². The predicted molar refractivity (Wildman–Crippen MR) is 64.8 cm³/mol. The van der Waals surface area contributed by atoms with Gasteiger partial charge < -0.3 is 9.52 Å². The Balaban J connectivity index is 2.25. The summed E-state index contributed by atoms with van der Waals surface area (Å²) in [4.78, 5) is 10.9. The monoisotopic (exact) mass is 284 g/mol. The second-order valence-electron chi connectivity index (χ2n) is 4.18. The lowest BCUT2D eigenvalue weighted by Gasteiger charge is -1.96. The first-order valence-electron chi connectivity index (χ1n) is 5.32. The molecule has 0 spiro atoms. The van der Waals surface area contributed by atoms with Crippen LogP contribution in [0.2, 0.25) is 0 Å². The molecule has 0 amide bonds. The van der Waals surface area contributed by atoms with Gasteiger partial charge in [0.15, 0.2) is 9.84 Å². The van der Waals surface area contributed by atoms with Gasteiger partial charge in [-0.1, -0.05) is 0 Å². The summed E-state index contributed by atoms with van der Waals surface area (Å²) in [6, 6.07) is 1.59. The smallest absolute Gasteiger partial charge is 0.372 e. The molecule has 1 N–H and O–H groups in total. The molecule has 0 bridgehead atoms. The van der Waals surface area contributed by atoms with Crippen molar-refractivity contribution in [3.05, 3.63) is 35.5 Å². The molecule has 102 valence electrons. The molecule has 0 unspecified atom stereocenters. The molecule has 8 heteroatoms. The van der Waals surface area contributed by atoms with Crippen molar-refractivity contribution in [2.45, 2.75) is 18.4 Å². The van der Waals surface area contributed by atoms with Crippen LogP contribution in [-0.4, -0.2) is 35.5 Å². The van der Waals surface area contributed by atoms with Crippen molar-refractivity contribution in [1.29, 1.82) is 0 Å². The third-order valence-corrected chi connectivity index (χ3v) is 3.59. The van der Waals surface area contributed by atoms with E-state index in [4.69, 9.17) is 9.52 Å². The Morgan fingerprint density at radius 2 is 2.21 bits per heavy atom. The number of nitrogens with zero attached hydrogens (tertiary/aromatic N) is 2. The highest BCUT2D eigenvalue weighted by Crippen LogP contribution is 2.16. The summed E-state index contributed by atoms with van der Waals surface area (Å²) in [5, 5.41) is 12.8. The highest BCUT2D eigenvalue weighted by atomic mass is 32.2. The SMILES string of the molecule is Cc1cc(Cn2cc(S(C)(=O)=O)cn2)oc1C(=O)O. The highest BCUT2D eigenvalue weighted by Gasteiger charge is 2.15. The maximum absolute atomic E-state index is 11.3. The van der Waals surface area contributed by atoms with Crippen LogP contribution in [0.1, 0.15) is 21.9 Å². The third-order valence-electron chi connectivity index (χ3n) is 2.52. The van der Waals surface area contributed by atoms with Gasteiger partial charge in [-0.25, -0.2) is 13.2 Å². The van der Waals surface area contributed by atoms with E-state index in [-0.39, 0.29) is 17.2 Å². The molecule has 0 radical (unpaired) electrons. The lowest BCUT2D eigenvalue weighted by Crippen LogP contribution is -2.00. The van der Waals surface area contributed by atoms with E-state index in [0.717, 1.165) is 6.26 Å². The second-order valence-corrected chi connectivity index (χ2v) is 6.19. The molecule has 0 aliphatic carbocycles. The fourth-order valence-corrected chi connectivity index (χ4v) is 2.17. The number of hydrogen-bond acceptors (Lipinski definition) is 5. The van der Waals surface area contributed by atoms with Gasteiger partial charge in [0, 0.05) is 18.0 Å². The molecule has 0 aliphatic rings. The summed E-state index contributed by atoms with van der Waals surface area (Å²) in [5.41, 5.74) is 0.512. The largest absolute Gasteiger partial charge is 0.475 e. The normalized spacial score (nSPS) is 11.7. The molecule has 0 saturated heterocycles. The number of furan rings is 1. The molecule has 19 heavy (non-hydrogen) atoms. The molecular formula is C11H12N2O5S. The predicted octanol–water partition coefficient (Wildman–Crippen LogP) is 0.935. The molecule has 2 heterocycles. The fraction of sp³-hybridized carbons (Fsp3) is 0.273. The first kappa shape index (κ1) is 13.3. The van der Waals surface area contributed by atoms with E-state index in [1.165, 1.54) is 17.1 Å². The number of rotatable bonds is 4. The van der Waals surface area contributed by atoms with Crippen molar-refractivity contribution in [2.75, 3.05) is 6.26 Å². The van der Waals surface area contributed by atoms with Crippen molar-refractivity contribution in [3.63, 3.8) is 0 Å². The fourth-order valence-electron chi connectivity index (χ4n) is 1.62. The quantitative estimate of drug-likeness (QED) is 0.896. The highest BCUT2D eigenvalue weighted by molar-refractivity contribution is 7.90. The van der Waals surface area contributed by atoms with Gasteiger partial charge in [0.1, 0.15) is 10.7 Å². The van der Waals surface area contributed by atoms with Crippen LogP contribution in [0, 0.1) is 6.92 Å². The average molecular weight is 284 g/mol. The molecule has 0 aromatic carbocycles. The molecular weight excluding hydrogens is 272 g/mol. The Morgan fingerprint density at radius 1 is 1.53 bits per heavy atom. The van der Waals surface area contributed by atoms with E-state index in [9.17, 15) is 13.2 Å². The van der Waals surface area contributed by atoms with Crippen molar-refractivity contribution in [1.82, 2.24) is 9.78 Å². The topological polar surface area (TPSA) is 102 Å². The van der Waals surface area contributed by atoms with Crippen LogP contribution in [0.25, 0.3) is 0 Å². The van der Waals surface area contributed by atoms with Crippen LogP contribution in [0.5, 0.6) is 0 Å². The van der Waals surface area contributed by atoms with Crippen LogP contribution >= 0.6 is 0 Å². The summed E-state index contributed by atoms with van der Waals surface area (Å²) in [5.74, 6) is -0.857. The number of aryl methyl sites for hydroxylation is 1. The van der Waals surface area contributed by atoms with E-state index in [2.05, 4.69) is 5.10 Å². The van der Waals surface area contributed by atoms with E-state index < -0.39 is 15.8 Å². The maximum atomic E-state index is 11.3. The van der Waals surface area contributed by atoms with E-state index >= 15 is 0 Å². The molecule has 0 saturated carbocycles. The van der Waals surface area contributed by atoms with Crippen LogP contribution < -0.4 is 0 Å². The molecule has 2 aromatic rings. The zero-order valence-corrected chi connectivity index (χ0v) is 11.1. The van der Waals surface area contributed by atoms with Crippen molar-refractivity contribution in [2.24, 2.45) is 0 Å². The summed E-state index contributed by atoms with van der Waals surface area (Å²) in [6.07, 6.45) is 3.70. The van der Waals surface area contributed by atoms with Gasteiger partial charge in [-0.05, 0) is 13.0 Å². The first-order valence-corrected chi connectivity index (χ1v) is 7.21. The average Bonchev–Trinajstić information content (AvgIpc) is 2.85. The molecule has 0 fully saturated rings. The second kappa shape index (κ2) is 4.54. The summed E-state index contributed by atoms with van der Waals surface area (Å²) in [7, 11) is -3.30. The van der Waals surface area contributed by atoms with Crippen LogP contribution in [0.15, 0.2) is 27.8 Å². The first-order chi connectivity index (χ1) is 8.77. The number of aromatic carboxylic acids is 1. The standard InChI is InChI=1S/C11H12N2O5S/c1-7-3-8(18-10(7)11(14)15)5-13-6-9(4-12-13)19(2,16)17/h3-4,6H,5H2,1-2H3,(H,14,15). The van der Waals surface area contributed by atoms with Crippen LogP contribution in [0.4, 0.5) is 0 Å². The molecule has 2 rings (SSSR count). The molecule has 0 atom stereocenters. The summed E-state index contributed by atoms with van der Waals surface area (Å²) < 4.78 is 29.1. The van der Waals surface area contributed by atoms with E-state index in [1.54, 1.807) is 13.0 Å². The minimum Gasteiger partial charge on any atom is -0.475 e. The number of sulfone groups is 1. The van der Waals surface area contributed by atoms with Crippen LogP contribution in [-0.2, 0) is 16.4 Å².